The van der Waals surface area contributed by atoms with Gasteiger partial charge in [-0.15, -0.1) is 11.3 Å². The monoisotopic (exact) mass is 472 g/mol. The number of hydrogen-bond acceptors (Lipinski definition) is 6. The van der Waals surface area contributed by atoms with Crippen LogP contribution in [0, 0.1) is 13.8 Å². The van der Waals surface area contributed by atoms with E-state index >= 15 is 0 Å². The molecule has 0 saturated heterocycles. The summed E-state index contributed by atoms with van der Waals surface area (Å²) < 4.78 is 10.9. The van der Waals surface area contributed by atoms with Gasteiger partial charge in [0.25, 0.3) is 0 Å². The summed E-state index contributed by atoms with van der Waals surface area (Å²) in [7, 11) is 0. The molecule has 0 bridgehead atoms. The minimum absolute atomic E-state index is 0.0894. The molecule has 1 heterocycles. The molecule has 1 N–H and O–H groups in total. The molecule has 0 atom stereocenters. The minimum atomic E-state index is -0.312. The van der Waals surface area contributed by atoms with Crippen LogP contribution in [0.1, 0.15) is 34.7 Å². The second-order valence-electron chi connectivity index (χ2n) is 7.35. The van der Waals surface area contributed by atoms with Gasteiger partial charge in [0.2, 0.25) is 5.91 Å². The SMILES string of the molecule is Cc1ccc(NC(=O)Cc2nc(COC(=O)CCCOc3ccc(Cl)c(C)c3)cs2)cc1. The molecule has 8 heteroatoms. The summed E-state index contributed by atoms with van der Waals surface area (Å²) in [5.74, 6) is 0.275. The minimum Gasteiger partial charge on any atom is -0.494 e. The molecule has 0 unspecified atom stereocenters. The second kappa shape index (κ2) is 11.6. The van der Waals surface area contributed by atoms with Gasteiger partial charge in [-0.1, -0.05) is 29.3 Å². The lowest BCUT2D eigenvalue weighted by molar-refractivity contribution is -0.145. The van der Waals surface area contributed by atoms with Gasteiger partial charge in [0.05, 0.1) is 18.7 Å². The Hall–Kier alpha value is -2.90. The standard InChI is InChI=1S/C24H25ClN2O4S/c1-16-5-7-18(8-6-16)26-22(28)13-23-27-19(15-32-23)14-31-24(29)4-3-11-30-20-9-10-21(25)17(2)12-20/h5-10,12,15H,3-4,11,13-14H2,1-2H3,(H,26,28). The van der Waals surface area contributed by atoms with Crippen molar-refractivity contribution < 1.29 is 19.1 Å². The third kappa shape index (κ3) is 7.66. The van der Waals surface area contributed by atoms with Crippen LogP contribution in [0.4, 0.5) is 5.69 Å². The number of hydrogen-bond donors (Lipinski definition) is 1. The van der Waals surface area contributed by atoms with E-state index in [0.717, 1.165) is 22.6 Å². The Bertz CT molecular complexity index is 1070. The predicted molar refractivity (Wildman–Crippen MR) is 126 cm³/mol. The molecule has 0 aliphatic heterocycles. The Labute approximate surface area is 196 Å². The Kier molecular flexibility index (Phi) is 8.64. The van der Waals surface area contributed by atoms with Crippen LogP contribution in [0.25, 0.3) is 0 Å². The highest BCUT2D eigenvalue weighted by Gasteiger charge is 2.10. The second-order valence-corrected chi connectivity index (χ2v) is 8.70. The summed E-state index contributed by atoms with van der Waals surface area (Å²) in [6.07, 6.45) is 0.971. The first-order valence-electron chi connectivity index (χ1n) is 10.2. The van der Waals surface area contributed by atoms with Gasteiger partial charge in [0.15, 0.2) is 0 Å². The van der Waals surface area contributed by atoms with Crippen molar-refractivity contribution >= 4 is 40.5 Å². The van der Waals surface area contributed by atoms with Crippen molar-refractivity contribution in [3.05, 3.63) is 74.7 Å². The lowest BCUT2D eigenvalue weighted by Crippen LogP contribution is -2.14. The number of anilines is 1. The number of thiazole rings is 1. The molecule has 0 aliphatic rings. The van der Waals surface area contributed by atoms with Crippen LogP contribution in [0.2, 0.25) is 5.02 Å². The summed E-state index contributed by atoms with van der Waals surface area (Å²) in [6.45, 7) is 4.40. The van der Waals surface area contributed by atoms with Gasteiger partial charge in [-0.3, -0.25) is 9.59 Å². The first-order chi connectivity index (χ1) is 15.4. The number of benzene rings is 2. The smallest absolute Gasteiger partial charge is 0.306 e. The fraction of sp³-hybridized carbons (Fsp3) is 0.292. The fourth-order valence-electron chi connectivity index (χ4n) is 2.82. The third-order valence-electron chi connectivity index (χ3n) is 4.55. The molecule has 3 rings (SSSR count). The molecule has 0 radical (unpaired) electrons. The van der Waals surface area contributed by atoms with Gasteiger partial charge in [0.1, 0.15) is 17.4 Å². The van der Waals surface area contributed by atoms with Gasteiger partial charge in [-0.25, -0.2) is 4.98 Å². The van der Waals surface area contributed by atoms with Crippen LogP contribution in [0.5, 0.6) is 5.75 Å². The van der Waals surface area contributed by atoms with E-state index in [9.17, 15) is 9.59 Å². The normalized spacial score (nSPS) is 10.6. The molecule has 6 nitrogen and oxygen atoms in total. The molecule has 0 spiro atoms. The molecule has 0 saturated carbocycles. The van der Waals surface area contributed by atoms with Crippen LogP contribution in [-0.4, -0.2) is 23.5 Å². The van der Waals surface area contributed by atoms with E-state index in [1.165, 1.54) is 11.3 Å². The maximum absolute atomic E-state index is 12.2. The zero-order valence-electron chi connectivity index (χ0n) is 18.0. The van der Waals surface area contributed by atoms with Crippen LogP contribution in [0.3, 0.4) is 0 Å². The number of carbonyl (C=O) groups is 2. The quantitative estimate of drug-likeness (QED) is 0.311. The van der Waals surface area contributed by atoms with E-state index in [1.54, 1.807) is 17.5 Å². The van der Waals surface area contributed by atoms with Crippen LogP contribution in [0.15, 0.2) is 47.8 Å². The zero-order chi connectivity index (χ0) is 22.9. The third-order valence-corrected chi connectivity index (χ3v) is 5.87. The molecular weight excluding hydrogens is 448 g/mol. The van der Waals surface area contributed by atoms with Gasteiger partial charge in [-0.05, 0) is 56.2 Å². The van der Waals surface area contributed by atoms with Crippen molar-refractivity contribution in [1.29, 1.82) is 0 Å². The van der Waals surface area contributed by atoms with Crippen molar-refractivity contribution in [3.63, 3.8) is 0 Å². The number of ether oxygens (including phenoxy) is 2. The van der Waals surface area contributed by atoms with E-state index in [2.05, 4.69) is 10.3 Å². The number of rotatable bonds is 10. The van der Waals surface area contributed by atoms with Crippen molar-refractivity contribution in [2.75, 3.05) is 11.9 Å². The molecule has 1 amide bonds. The molecule has 32 heavy (non-hydrogen) atoms. The summed E-state index contributed by atoms with van der Waals surface area (Å²) in [4.78, 5) is 28.5. The summed E-state index contributed by atoms with van der Waals surface area (Å²) in [5.41, 5.74) is 3.46. The number of amides is 1. The Morgan fingerprint density at radius 1 is 1.12 bits per heavy atom. The number of nitrogens with one attached hydrogen (secondary N) is 1. The molecule has 0 fully saturated rings. The lowest BCUT2D eigenvalue weighted by Gasteiger charge is -2.07. The average Bonchev–Trinajstić information content (AvgIpc) is 3.21. The molecule has 0 aliphatic carbocycles. The Morgan fingerprint density at radius 2 is 1.91 bits per heavy atom. The molecule has 168 valence electrons. The molecular formula is C24H25ClN2O4S. The van der Waals surface area contributed by atoms with Crippen molar-refractivity contribution in [2.45, 2.75) is 39.7 Å². The van der Waals surface area contributed by atoms with Gasteiger partial charge < -0.3 is 14.8 Å². The van der Waals surface area contributed by atoms with Gasteiger partial charge in [-0.2, -0.15) is 0 Å². The zero-order valence-corrected chi connectivity index (χ0v) is 19.6. The van der Waals surface area contributed by atoms with E-state index < -0.39 is 0 Å². The topological polar surface area (TPSA) is 77.5 Å². The molecule has 2 aromatic carbocycles. The van der Waals surface area contributed by atoms with Gasteiger partial charge >= 0.3 is 5.97 Å². The van der Waals surface area contributed by atoms with E-state index in [1.807, 2.05) is 44.2 Å². The lowest BCUT2D eigenvalue weighted by atomic mass is 10.2. The highest BCUT2D eigenvalue weighted by molar-refractivity contribution is 7.09. The number of aromatic nitrogens is 1. The average molecular weight is 473 g/mol. The largest absolute Gasteiger partial charge is 0.494 e. The van der Waals surface area contributed by atoms with E-state index in [4.69, 9.17) is 21.1 Å². The first kappa shape index (κ1) is 23.8. The van der Waals surface area contributed by atoms with E-state index in [-0.39, 0.29) is 31.3 Å². The van der Waals surface area contributed by atoms with Gasteiger partial charge in [0, 0.05) is 22.5 Å². The Balaban J connectivity index is 1.34. The number of aryl methyl sites for hydroxylation is 2. The number of esters is 1. The predicted octanol–water partition coefficient (Wildman–Crippen LogP) is 5.50. The van der Waals surface area contributed by atoms with Crippen LogP contribution < -0.4 is 10.1 Å². The van der Waals surface area contributed by atoms with Crippen molar-refractivity contribution in [2.24, 2.45) is 0 Å². The van der Waals surface area contributed by atoms with Crippen molar-refractivity contribution in [3.8, 4) is 5.75 Å². The summed E-state index contributed by atoms with van der Waals surface area (Å²) in [6, 6.07) is 13.1. The number of carbonyl (C=O) groups excluding carboxylic acids is 2. The van der Waals surface area contributed by atoms with Crippen LogP contribution >= 0.6 is 22.9 Å². The fourth-order valence-corrected chi connectivity index (χ4v) is 3.71. The number of halogens is 1. The highest BCUT2D eigenvalue weighted by atomic mass is 35.5. The molecule has 3 aromatic rings. The maximum atomic E-state index is 12.2. The Morgan fingerprint density at radius 3 is 2.66 bits per heavy atom. The summed E-state index contributed by atoms with van der Waals surface area (Å²) in [5, 5.41) is 6.01. The summed E-state index contributed by atoms with van der Waals surface area (Å²) >= 11 is 7.36. The van der Waals surface area contributed by atoms with Crippen molar-refractivity contribution in [1.82, 2.24) is 4.98 Å². The maximum Gasteiger partial charge on any atom is 0.306 e. The number of nitrogens with zero attached hydrogens (tertiary/aromatic N) is 1. The highest BCUT2D eigenvalue weighted by Crippen LogP contribution is 2.21. The van der Waals surface area contributed by atoms with E-state index in [0.29, 0.717) is 28.8 Å². The van der Waals surface area contributed by atoms with Crippen LogP contribution in [-0.2, 0) is 27.4 Å². The molecule has 1 aromatic heterocycles. The first-order valence-corrected chi connectivity index (χ1v) is 11.5.